The van der Waals surface area contributed by atoms with Gasteiger partial charge in [0.15, 0.2) is 0 Å². The molecule has 0 amide bonds. The van der Waals surface area contributed by atoms with Gasteiger partial charge in [0, 0.05) is 38.8 Å². The molecule has 1 aliphatic heterocycles. The molecule has 2 aromatic heterocycles. The fourth-order valence-corrected chi connectivity index (χ4v) is 10.8. The van der Waals surface area contributed by atoms with E-state index < -0.39 is 0 Å². The highest BCUT2D eigenvalue weighted by Crippen LogP contribution is 2.52. The molecule has 0 spiro atoms. The lowest BCUT2D eigenvalue weighted by Crippen LogP contribution is -2.25. The van der Waals surface area contributed by atoms with Crippen molar-refractivity contribution in [2.75, 3.05) is 16.5 Å². The Bertz CT molecular complexity index is 3880. The van der Waals surface area contributed by atoms with Crippen LogP contribution in [0, 0.1) is 0 Å². The third-order valence-electron chi connectivity index (χ3n) is 14.3. The van der Waals surface area contributed by atoms with Gasteiger partial charge in [0.2, 0.25) is 5.95 Å². The third kappa shape index (κ3) is 7.20. The number of benzene rings is 10. The third-order valence-corrected chi connectivity index (χ3v) is 14.3. The largest absolute Gasteiger partial charge is 0.321 e. The van der Waals surface area contributed by atoms with Gasteiger partial charge in [-0.25, -0.2) is 4.98 Å². The first kappa shape index (κ1) is 42.2. The van der Waals surface area contributed by atoms with Gasteiger partial charge in [-0.05, 0) is 87.3 Å². The van der Waals surface area contributed by atoms with Crippen molar-refractivity contribution >= 4 is 55.6 Å². The van der Waals surface area contributed by atoms with E-state index in [-0.39, 0.29) is 5.41 Å². The minimum atomic E-state index is 0.00563. The van der Waals surface area contributed by atoms with Gasteiger partial charge in [-0.1, -0.05) is 215 Å². The molecule has 5 nitrogen and oxygen atoms in total. The lowest BCUT2D eigenvalue weighted by Gasteiger charge is -2.27. The molecule has 0 atom stereocenters. The molecular weight excluding hydrogens is 863 g/mol. The van der Waals surface area contributed by atoms with Gasteiger partial charge in [0.1, 0.15) is 6.67 Å². The van der Waals surface area contributed by atoms with Crippen LogP contribution < -0.4 is 9.80 Å². The van der Waals surface area contributed by atoms with Crippen molar-refractivity contribution < 1.29 is 0 Å². The molecule has 0 N–H and O–H groups in total. The molecule has 340 valence electrons. The molecule has 0 bridgehead atoms. The number of imidazole rings is 1. The molecule has 0 radical (unpaired) electrons. The Morgan fingerprint density at radius 1 is 0.366 bits per heavy atom. The van der Waals surface area contributed by atoms with Gasteiger partial charge in [-0.2, -0.15) is 0 Å². The summed E-state index contributed by atoms with van der Waals surface area (Å²) >= 11 is 0. The molecule has 3 heterocycles. The van der Waals surface area contributed by atoms with Crippen molar-refractivity contribution in [2.24, 2.45) is 0 Å². The summed E-state index contributed by atoms with van der Waals surface area (Å²) in [5.41, 5.74) is 20.5. The second kappa shape index (κ2) is 16.9. The summed E-state index contributed by atoms with van der Waals surface area (Å²) in [5, 5.41) is 2.35. The Balaban J connectivity index is 1.04. The minimum Gasteiger partial charge on any atom is -0.321 e. The topological polar surface area (TPSA) is 29.2 Å². The van der Waals surface area contributed by atoms with Crippen molar-refractivity contribution in [1.82, 2.24) is 14.1 Å². The molecule has 12 aromatic rings. The van der Waals surface area contributed by atoms with Gasteiger partial charge in [0.05, 0.1) is 39.1 Å². The summed E-state index contributed by atoms with van der Waals surface area (Å²) in [6, 6.07) is 88.2. The molecular formula is C66H51N5. The summed E-state index contributed by atoms with van der Waals surface area (Å²) in [6.07, 6.45) is 0. The highest BCUT2D eigenvalue weighted by atomic mass is 15.4. The fraction of sp³-hybridized carbons (Fsp3) is 0.0758. The maximum atomic E-state index is 5.73. The first-order valence-electron chi connectivity index (χ1n) is 24.6. The van der Waals surface area contributed by atoms with Crippen molar-refractivity contribution in [1.29, 1.82) is 0 Å². The lowest BCUT2D eigenvalue weighted by atomic mass is 9.85. The van der Waals surface area contributed by atoms with Crippen LogP contribution in [0.5, 0.6) is 0 Å². The number of nitrogens with zero attached hydrogens (tertiary/aromatic N) is 5. The van der Waals surface area contributed by atoms with Gasteiger partial charge >= 0.3 is 0 Å². The van der Waals surface area contributed by atoms with Crippen LogP contribution in [0.4, 0.5) is 22.7 Å². The van der Waals surface area contributed by atoms with Gasteiger partial charge in [0.25, 0.3) is 0 Å². The molecule has 10 aromatic carbocycles. The number of hydrogen-bond acceptors (Lipinski definition) is 3. The van der Waals surface area contributed by atoms with E-state index in [1.54, 1.807) is 0 Å². The molecule has 1 aliphatic rings. The van der Waals surface area contributed by atoms with Crippen LogP contribution in [-0.2, 0) is 5.41 Å². The zero-order chi connectivity index (χ0) is 47.6. The Morgan fingerprint density at radius 3 is 1.65 bits per heavy atom. The summed E-state index contributed by atoms with van der Waals surface area (Å²) in [5.74, 6) is 0.842. The Morgan fingerprint density at radius 2 is 0.944 bits per heavy atom. The molecule has 0 aliphatic carbocycles. The standard InChI is InChI=1S/C66H51N5/c1-66(2,3)50-28-18-27-49(41-50)53-32-20-36-60-63(53)67-65(70(60)51-29-14-7-15-30-51)71-58-35-17-16-31-56(58)57-39-38-52(43-61(57)71)68-44-69(62-42-48(37-40-59(62)68)45-21-8-4-9-22-45)64-54(46-23-10-5-11-24-46)33-19-34-55(64)47-25-12-6-13-26-47/h4-43H,44H2,1-3H3. The minimum absolute atomic E-state index is 0.00563. The van der Waals surface area contributed by atoms with Crippen molar-refractivity contribution in [3.8, 4) is 56.1 Å². The maximum absolute atomic E-state index is 5.73. The Hall–Kier alpha value is -8.93. The maximum Gasteiger partial charge on any atom is 0.220 e. The predicted molar refractivity (Wildman–Crippen MR) is 298 cm³/mol. The van der Waals surface area contributed by atoms with Gasteiger partial charge < -0.3 is 9.80 Å². The Kier molecular flexibility index (Phi) is 10.1. The summed E-state index contributed by atoms with van der Waals surface area (Å²) < 4.78 is 4.73. The molecule has 0 saturated heterocycles. The normalized spacial score (nSPS) is 12.6. The van der Waals surface area contributed by atoms with Crippen LogP contribution >= 0.6 is 0 Å². The number of anilines is 4. The average molecular weight is 914 g/mol. The van der Waals surface area contributed by atoms with Crippen LogP contribution in [-0.4, -0.2) is 20.8 Å². The summed E-state index contributed by atoms with van der Waals surface area (Å²) in [7, 11) is 0. The second-order valence-electron chi connectivity index (χ2n) is 19.6. The highest BCUT2D eigenvalue weighted by molar-refractivity contribution is 6.11. The number of hydrogen-bond donors (Lipinski definition) is 0. The lowest BCUT2D eigenvalue weighted by molar-refractivity contribution is 0.590. The van der Waals surface area contributed by atoms with Crippen molar-refractivity contribution in [3.05, 3.63) is 248 Å². The van der Waals surface area contributed by atoms with Crippen molar-refractivity contribution in [3.63, 3.8) is 0 Å². The van der Waals surface area contributed by atoms with E-state index in [2.05, 4.69) is 282 Å². The quantitative estimate of drug-likeness (QED) is 0.152. The van der Waals surface area contributed by atoms with E-state index in [9.17, 15) is 0 Å². The predicted octanol–water partition coefficient (Wildman–Crippen LogP) is 17.3. The molecule has 13 rings (SSSR count). The van der Waals surface area contributed by atoms with Crippen LogP contribution in [0.3, 0.4) is 0 Å². The number of rotatable bonds is 8. The van der Waals surface area contributed by atoms with Gasteiger partial charge in [-0.3, -0.25) is 9.13 Å². The Labute approximate surface area is 414 Å². The zero-order valence-corrected chi connectivity index (χ0v) is 40.0. The number of fused-ring (bicyclic) bond motifs is 5. The van der Waals surface area contributed by atoms with Crippen LogP contribution in [0.25, 0.3) is 89.0 Å². The fourth-order valence-electron chi connectivity index (χ4n) is 10.8. The first-order valence-corrected chi connectivity index (χ1v) is 24.6. The zero-order valence-electron chi connectivity index (χ0n) is 40.0. The van der Waals surface area contributed by atoms with E-state index in [4.69, 9.17) is 4.98 Å². The highest BCUT2D eigenvalue weighted by Gasteiger charge is 2.33. The monoisotopic (exact) mass is 913 g/mol. The summed E-state index contributed by atoms with van der Waals surface area (Å²) in [4.78, 5) is 10.8. The SMILES string of the molecule is CC(C)(C)c1cccc(-c2cccc3c2nc(-n2c4ccccc4c4ccc(N5CN(c6c(-c7ccccc7)cccc6-c6ccccc6)c6cc(-c7ccccc7)ccc65)cc42)n3-c2ccccc2)c1. The number of para-hydroxylation sites is 4. The van der Waals surface area contributed by atoms with E-state index in [1.165, 1.54) is 55.4 Å². The van der Waals surface area contributed by atoms with Crippen LogP contribution in [0.15, 0.2) is 243 Å². The van der Waals surface area contributed by atoms with E-state index in [1.807, 2.05) is 0 Å². The van der Waals surface area contributed by atoms with Crippen LogP contribution in [0.1, 0.15) is 26.3 Å². The van der Waals surface area contributed by atoms with E-state index >= 15 is 0 Å². The second-order valence-corrected chi connectivity index (χ2v) is 19.6. The van der Waals surface area contributed by atoms with E-state index in [0.717, 1.165) is 61.9 Å². The number of aromatic nitrogens is 3. The van der Waals surface area contributed by atoms with Gasteiger partial charge in [-0.15, -0.1) is 0 Å². The molecule has 71 heavy (non-hydrogen) atoms. The molecule has 0 fully saturated rings. The first-order chi connectivity index (χ1) is 34.9. The van der Waals surface area contributed by atoms with E-state index in [0.29, 0.717) is 6.67 Å². The van der Waals surface area contributed by atoms with Crippen molar-refractivity contribution in [2.45, 2.75) is 26.2 Å². The molecule has 0 saturated carbocycles. The molecule has 0 unspecified atom stereocenters. The molecule has 5 heteroatoms. The summed E-state index contributed by atoms with van der Waals surface area (Å²) in [6.45, 7) is 7.42. The smallest absolute Gasteiger partial charge is 0.220 e. The van der Waals surface area contributed by atoms with Crippen LogP contribution in [0.2, 0.25) is 0 Å². The average Bonchev–Trinajstić information content (AvgIpc) is 4.11.